The van der Waals surface area contributed by atoms with Gasteiger partial charge in [0, 0.05) is 19.0 Å². The molecule has 0 saturated heterocycles. The maximum atomic E-state index is 12.6. The molecule has 0 fully saturated rings. The topological polar surface area (TPSA) is 129 Å². The van der Waals surface area contributed by atoms with E-state index in [0.29, 0.717) is 6.42 Å². The molecular formula is C20H18N2O8. The second kappa shape index (κ2) is 9.03. The molecule has 0 unspecified atom stereocenters. The van der Waals surface area contributed by atoms with Crippen LogP contribution in [0.25, 0.3) is 6.08 Å². The van der Waals surface area contributed by atoms with Crippen LogP contribution in [-0.4, -0.2) is 47.4 Å². The van der Waals surface area contributed by atoms with E-state index in [1.807, 2.05) is 24.3 Å². The van der Waals surface area contributed by atoms with Gasteiger partial charge < -0.3 is 18.8 Å². The Balaban J connectivity index is 1.62. The summed E-state index contributed by atoms with van der Waals surface area (Å²) in [6, 6.07) is 9.10. The van der Waals surface area contributed by atoms with Crippen LogP contribution in [0.15, 0.2) is 46.9 Å². The number of methoxy groups -OCH3 is 1. The van der Waals surface area contributed by atoms with Crippen LogP contribution >= 0.6 is 0 Å². The number of hydrogen-bond acceptors (Lipinski definition) is 8. The van der Waals surface area contributed by atoms with Crippen molar-refractivity contribution in [2.45, 2.75) is 19.0 Å². The molecule has 0 N–H and O–H groups in total. The van der Waals surface area contributed by atoms with Gasteiger partial charge in [-0.3, -0.25) is 14.9 Å². The molecule has 1 aliphatic heterocycles. The lowest BCUT2D eigenvalue weighted by atomic mass is 9.94. The number of hydrogen-bond donors (Lipinski definition) is 0. The molecule has 2 aromatic rings. The van der Waals surface area contributed by atoms with Crippen LogP contribution in [0.4, 0.5) is 5.88 Å². The van der Waals surface area contributed by atoms with Crippen molar-refractivity contribution in [3.8, 4) is 0 Å². The lowest BCUT2D eigenvalue weighted by Gasteiger charge is -2.35. The van der Waals surface area contributed by atoms with Gasteiger partial charge in [0.1, 0.15) is 16.7 Å². The number of carbonyl (C=O) groups excluding carboxylic acids is 3. The van der Waals surface area contributed by atoms with Gasteiger partial charge in [0.15, 0.2) is 6.61 Å². The first-order valence-electron chi connectivity index (χ1n) is 8.92. The molecule has 3 rings (SSSR count). The van der Waals surface area contributed by atoms with Crippen LogP contribution in [0.3, 0.4) is 0 Å². The van der Waals surface area contributed by atoms with E-state index in [-0.39, 0.29) is 12.3 Å². The molecule has 1 aliphatic rings. The number of nitrogens with zero attached hydrogens (tertiary/aromatic N) is 2. The highest BCUT2D eigenvalue weighted by atomic mass is 16.6. The largest absolute Gasteiger partial charge is 0.467 e. The Morgan fingerprint density at radius 2 is 1.97 bits per heavy atom. The molecule has 1 amide bonds. The molecule has 0 saturated carbocycles. The van der Waals surface area contributed by atoms with Crippen molar-refractivity contribution >= 4 is 29.8 Å². The second-order valence-corrected chi connectivity index (χ2v) is 6.41. The zero-order valence-electron chi connectivity index (χ0n) is 16.0. The molecule has 0 radical (unpaired) electrons. The summed E-state index contributed by atoms with van der Waals surface area (Å²) in [6.07, 6.45) is 2.48. The van der Waals surface area contributed by atoms with E-state index in [2.05, 4.69) is 0 Å². The Bertz CT molecular complexity index is 1010. The molecular weight excluding hydrogens is 396 g/mol. The lowest BCUT2D eigenvalue weighted by Crippen LogP contribution is -2.50. The minimum atomic E-state index is -0.838. The maximum Gasteiger partial charge on any atom is 0.433 e. The molecule has 1 atom stereocenters. The minimum Gasteiger partial charge on any atom is -0.467 e. The highest BCUT2D eigenvalue weighted by molar-refractivity contribution is 5.90. The summed E-state index contributed by atoms with van der Waals surface area (Å²) < 4.78 is 14.6. The van der Waals surface area contributed by atoms with Gasteiger partial charge in [0.25, 0.3) is 5.91 Å². The molecule has 1 aromatic carbocycles. The Morgan fingerprint density at radius 1 is 1.23 bits per heavy atom. The number of ether oxygens (including phenoxy) is 2. The van der Waals surface area contributed by atoms with Gasteiger partial charge >= 0.3 is 17.8 Å². The fourth-order valence-electron chi connectivity index (χ4n) is 3.08. The normalized spacial score (nSPS) is 15.5. The fourth-order valence-corrected chi connectivity index (χ4v) is 3.08. The summed E-state index contributed by atoms with van der Waals surface area (Å²) in [4.78, 5) is 47.8. The van der Waals surface area contributed by atoms with Gasteiger partial charge in [-0.25, -0.2) is 9.59 Å². The van der Waals surface area contributed by atoms with Crippen molar-refractivity contribution in [1.82, 2.24) is 4.90 Å². The Morgan fingerprint density at radius 3 is 2.63 bits per heavy atom. The Kier molecular flexibility index (Phi) is 6.26. The van der Waals surface area contributed by atoms with Crippen molar-refractivity contribution in [1.29, 1.82) is 0 Å². The predicted octanol–water partition coefficient (Wildman–Crippen LogP) is 1.87. The quantitative estimate of drug-likeness (QED) is 0.303. The third-order valence-electron chi connectivity index (χ3n) is 4.56. The zero-order chi connectivity index (χ0) is 21.7. The molecule has 1 aromatic heterocycles. The summed E-state index contributed by atoms with van der Waals surface area (Å²) in [5.41, 5.74) is 1.85. The van der Waals surface area contributed by atoms with Crippen LogP contribution in [0.5, 0.6) is 0 Å². The number of amides is 1. The van der Waals surface area contributed by atoms with Crippen molar-refractivity contribution < 1.29 is 33.2 Å². The molecule has 0 spiro atoms. The molecule has 30 heavy (non-hydrogen) atoms. The van der Waals surface area contributed by atoms with Crippen molar-refractivity contribution in [2.24, 2.45) is 0 Å². The molecule has 0 bridgehead atoms. The number of carbonyl (C=O) groups is 3. The van der Waals surface area contributed by atoms with Crippen molar-refractivity contribution in [3.63, 3.8) is 0 Å². The van der Waals surface area contributed by atoms with E-state index < -0.39 is 41.3 Å². The Labute approximate surface area is 170 Å². The monoisotopic (exact) mass is 414 g/mol. The van der Waals surface area contributed by atoms with Gasteiger partial charge in [0.05, 0.1) is 13.2 Å². The van der Waals surface area contributed by atoms with E-state index in [1.165, 1.54) is 24.2 Å². The van der Waals surface area contributed by atoms with Crippen molar-refractivity contribution in [2.75, 3.05) is 13.7 Å². The van der Waals surface area contributed by atoms with E-state index in [0.717, 1.165) is 23.3 Å². The number of nitro groups is 1. The molecule has 0 aliphatic carbocycles. The SMILES string of the molecule is COC(=O)[C@@H]1Cc2ccccc2CN1C(=O)COC(=O)/C=C/c1ccc([N+](=O)[O-])o1. The highest BCUT2D eigenvalue weighted by Crippen LogP contribution is 2.24. The number of esters is 2. The molecule has 10 nitrogen and oxygen atoms in total. The van der Waals surface area contributed by atoms with Crippen LogP contribution in [0.2, 0.25) is 0 Å². The average molecular weight is 414 g/mol. The first-order valence-corrected chi connectivity index (χ1v) is 8.92. The van der Waals surface area contributed by atoms with E-state index in [4.69, 9.17) is 13.9 Å². The standard InChI is InChI=1S/C20H18N2O8/c1-28-20(25)16-10-13-4-2-3-5-14(13)11-21(16)17(23)12-29-19(24)9-7-15-6-8-18(30-15)22(26)27/h2-9,16H,10-12H2,1H3/b9-7+/t16-/m0/s1. The predicted molar refractivity (Wildman–Crippen MR) is 102 cm³/mol. The van der Waals surface area contributed by atoms with Crippen LogP contribution in [0, 0.1) is 10.1 Å². The van der Waals surface area contributed by atoms with Crippen LogP contribution in [-0.2, 0) is 36.8 Å². The average Bonchev–Trinajstić information content (AvgIpc) is 3.24. The van der Waals surface area contributed by atoms with Crippen LogP contribution in [0.1, 0.15) is 16.9 Å². The molecule has 10 heteroatoms. The maximum absolute atomic E-state index is 12.6. The van der Waals surface area contributed by atoms with Gasteiger partial charge in [0.2, 0.25) is 0 Å². The first kappa shape index (κ1) is 20.8. The Hall–Kier alpha value is -3.95. The number of fused-ring (bicyclic) bond motifs is 1. The van der Waals surface area contributed by atoms with Gasteiger partial charge in [-0.15, -0.1) is 0 Å². The van der Waals surface area contributed by atoms with Gasteiger partial charge in [-0.05, 0) is 23.3 Å². The summed E-state index contributed by atoms with van der Waals surface area (Å²) >= 11 is 0. The summed E-state index contributed by atoms with van der Waals surface area (Å²) in [7, 11) is 1.25. The number of furan rings is 1. The van der Waals surface area contributed by atoms with E-state index in [9.17, 15) is 24.5 Å². The first-order chi connectivity index (χ1) is 14.4. The lowest BCUT2D eigenvalue weighted by molar-refractivity contribution is -0.402. The van der Waals surface area contributed by atoms with Gasteiger partial charge in [-0.1, -0.05) is 24.3 Å². The summed E-state index contributed by atoms with van der Waals surface area (Å²) in [5, 5.41) is 10.6. The third kappa shape index (κ3) is 4.72. The fraction of sp³-hybridized carbons (Fsp3) is 0.250. The summed E-state index contributed by atoms with van der Waals surface area (Å²) in [6.45, 7) is -0.380. The third-order valence-corrected chi connectivity index (χ3v) is 4.56. The second-order valence-electron chi connectivity index (χ2n) is 6.41. The molecule has 2 heterocycles. The van der Waals surface area contributed by atoms with Gasteiger partial charge in [-0.2, -0.15) is 0 Å². The summed E-state index contributed by atoms with van der Waals surface area (Å²) in [5.74, 6) is -2.31. The smallest absolute Gasteiger partial charge is 0.433 e. The number of rotatable bonds is 6. The zero-order valence-corrected chi connectivity index (χ0v) is 16.0. The van der Waals surface area contributed by atoms with Crippen LogP contribution < -0.4 is 0 Å². The minimum absolute atomic E-state index is 0.0865. The number of benzene rings is 1. The van der Waals surface area contributed by atoms with E-state index in [1.54, 1.807) is 0 Å². The van der Waals surface area contributed by atoms with E-state index >= 15 is 0 Å². The highest BCUT2D eigenvalue weighted by Gasteiger charge is 2.35. The molecule has 156 valence electrons. The van der Waals surface area contributed by atoms with Crippen molar-refractivity contribution in [3.05, 3.63) is 69.5 Å².